The van der Waals surface area contributed by atoms with E-state index in [-0.39, 0.29) is 12.5 Å². The number of piperazine rings is 1. The largest absolute Gasteiger partial charge is 0.384 e. The summed E-state index contributed by atoms with van der Waals surface area (Å²) in [7, 11) is 2.08. The van der Waals surface area contributed by atoms with E-state index < -0.39 is 0 Å². The second-order valence-corrected chi connectivity index (χ2v) is 5.09. The van der Waals surface area contributed by atoms with E-state index in [4.69, 9.17) is 5.11 Å². The number of hydrogen-bond acceptors (Lipinski definition) is 3. The summed E-state index contributed by atoms with van der Waals surface area (Å²) in [6, 6.07) is 7.67. The molecule has 1 N–H and O–H groups in total. The third-order valence-electron chi connectivity index (χ3n) is 3.71. The van der Waals surface area contributed by atoms with E-state index in [2.05, 4.69) is 30.7 Å². The predicted molar refractivity (Wildman–Crippen MR) is 78.4 cm³/mol. The van der Waals surface area contributed by atoms with Gasteiger partial charge in [0, 0.05) is 31.2 Å². The first kappa shape index (κ1) is 14.6. The van der Waals surface area contributed by atoms with Crippen LogP contribution in [0, 0.1) is 11.8 Å². The summed E-state index contributed by atoms with van der Waals surface area (Å²) in [4.78, 5) is 16.7. The van der Waals surface area contributed by atoms with Crippen molar-refractivity contribution in [3.05, 3.63) is 35.4 Å². The van der Waals surface area contributed by atoms with Crippen molar-refractivity contribution in [1.29, 1.82) is 0 Å². The summed E-state index contributed by atoms with van der Waals surface area (Å²) >= 11 is 0. The lowest BCUT2D eigenvalue weighted by molar-refractivity contribution is 0.0572. The van der Waals surface area contributed by atoms with Crippen molar-refractivity contribution in [2.24, 2.45) is 0 Å². The fourth-order valence-corrected chi connectivity index (χ4v) is 2.32. The Morgan fingerprint density at radius 1 is 1.40 bits per heavy atom. The summed E-state index contributed by atoms with van der Waals surface area (Å²) in [5.74, 6) is 5.47. The Labute approximate surface area is 120 Å². The maximum Gasteiger partial charge on any atom is 0.255 e. The molecule has 0 aromatic heterocycles. The molecule has 1 amide bonds. The molecule has 1 heterocycles. The number of amides is 1. The lowest BCUT2D eigenvalue weighted by Gasteiger charge is -2.37. The van der Waals surface area contributed by atoms with E-state index in [0.717, 1.165) is 19.6 Å². The molecule has 1 aliphatic rings. The van der Waals surface area contributed by atoms with E-state index in [9.17, 15) is 4.79 Å². The zero-order valence-electron chi connectivity index (χ0n) is 12.0. The minimum atomic E-state index is -0.200. The molecule has 106 valence electrons. The Kier molecular flexibility index (Phi) is 4.78. The van der Waals surface area contributed by atoms with Gasteiger partial charge in [-0.25, -0.2) is 0 Å². The van der Waals surface area contributed by atoms with Crippen LogP contribution in [-0.2, 0) is 0 Å². The van der Waals surface area contributed by atoms with E-state index >= 15 is 0 Å². The number of rotatable bonds is 1. The molecule has 0 aliphatic carbocycles. The quantitative estimate of drug-likeness (QED) is 0.769. The average Bonchev–Trinajstić information content (AvgIpc) is 2.47. The van der Waals surface area contributed by atoms with Crippen molar-refractivity contribution in [1.82, 2.24) is 9.80 Å². The van der Waals surface area contributed by atoms with Crippen LogP contribution in [0.4, 0.5) is 0 Å². The highest BCUT2D eigenvalue weighted by Crippen LogP contribution is 2.14. The fraction of sp³-hybridized carbons (Fsp3) is 0.438. The van der Waals surface area contributed by atoms with Crippen molar-refractivity contribution < 1.29 is 9.90 Å². The van der Waals surface area contributed by atoms with Gasteiger partial charge in [0.1, 0.15) is 6.61 Å². The Hall–Kier alpha value is -1.83. The Bertz CT molecular complexity index is 545. The van der Waals surface area contributed by atoms with E-state index in [1.165, 1.54) is 0 Å². The lowest BCUT2D eigenvalue weighted by Crippen LogP contribution is -2.52. The second kappa shape index (κ2) is 6.56. The number of aliphatic hydroxyl groups excluding tert-OH is 1. The molecule has 0 bridgehead atoms. The Morgan fingerprint density at radius 3 is 2.85 bits per heavy atom. The lowest BCUT2D eigenvalue weighted by atomic mass is 10.1. The molecular formula is C16H20N2O2. The second-order valence-electron chi connectivity index (χ2n) is 5.09. The normalized spacial score (nSPS) is 19.4. The topological polar surface area (TPSA) is 43.8 Å². The smallest absolute Gasteiger partial charge is 0.255 e. The molecule has 4 nitrogen and oxygen atoms in total. The summed E-state index contributed by atoms with van der Waals surface area (Å²) < 4.78 is 0. The van der Waals surface area contributed by atoms with Crippen LogP contribution >= 0.6 is 0 Å². The summed E-state index contributed by atoms with van der Waals surface area (Å²) in [6.45, 7) is 4.28. The van der Waals surface area contributed by atoms with Gasteiger partial charge in [-0.3, -0.25) is 4.79 Å². The first-order valence-electron chi connectivity index (χ1n) is 6.81. The van der Waals surface area contributed by atoms with Gasteiger partial charge in [-0.15, -0.1) is 0 Å². The van der Waals surface area contributed by atoms with Crippen LogP contribution < -0.4 is 0 Å². The number of nitrogens with zero attached hydrogens (tertiary/aromatic N) is 2. The van der Waals surface area contributed by atoms with Gasteiger partial charge in [-0.1, -0.05) is 24.0 Å². The molecule has 20 heavy (non-hydrogen) atoms. The highest BCUT2D eigenvalue weighted by molar-refractivity contribution is 5.96. The number of likely N-dealkylation sites (N-methyl/N-ethyl adjacent to an activating group) is 1. The van der Waals surface area contributed by atoms with Crippen molar-refractivity contribution in [2.75, 3.05) is 33.3 Å². The standard InChI is InChI=1S/C16H20N2O2/c1-13-12-18(10-9-17(13)2)16(20)15-8-4-3-6-14(15)7-5-11-19/h3-4,6,8,13,19H,9-12H2,1-2H3. The zero-order chi connectivity index (χ0) is 14.5. The minimum absolute atomic E-state index is 0.0211. The molecule has 4 heteroatoms. The van der Waals surface area contributed by atoms with Crippen molar-refractivity contribution in [3.8, 4) is 11.8 Å². The molecule has 1 unspecified atom stereocenters. The van der Waals surface area contributed by atoms with Gasteiger partial charge in [0.05, 0.1) is 5.56 Å². The van der Waals surface area contributed by atoms with E-state index in [1.54, 1.807) is 6.07 Å². The third-order valence-corrected chi connectivity index (χ3v) is 3.71. The van der Waals surface area contributed by atoms with Crippen LogP contribution in [0.3, 0.4) is 0 Å². The molecular weight excluding hydrogens is 252 g/mol. The van der Waals surface area contributed by atoms with Gasteiger partial charge in [0.25, 0.3) is 5.91 Å². The van der Waals surface area contributed by atoms with Crippen LogP contribution in [0.5, 0.6) is 0 Å². The molecule has 1 atom stereocenters. The Morgan fingerprint density at radius 2 is 2.15 bits per heavy atom. The predicted octanol–water partition coefficient (Wildman–Crippen LogP) is 0.806. The van der Waals surface area contributed by atoms with Gasteiger partial charge in [-0.2, -0.15) is 0 Å². The maximum absolute atomic E-state index is 12.6. The molecule has 1 aliphatic heterocycles. The van der Waals surface area contributed by atoms with Gasteiger partial charge in [-0.05, 0) is 26.1 Å². The van der Waals surface area contributed by atoms with Gasteiger partial charge < -0.3 is 14.9 Å². The van der Waals surface area contributed by atoms with Gasteiger partial charge in [0.2, 0.25) is 0 Å². The Balaban J connectivity index is 2.21. The molecule has 0 radical (unpaired) electrons. The number of hydrogen-bond donors (Lipinski definition) is 1. The maximum atomic E-state index is 12.6. The molecule has 0 spiro atoms. The summed E-state index contributed by atoms with van der Waals surface area (Å²) in [5.41, 5.74) is 1.29. The van der Waals surface area contributed by atoms with Crippen LogP contribution in [-0.4, -0.2) is 60.1 Å². The SMILES string of the molecule is CC1CN(C(=O)c2ccccc2C#CCO)CCN1C. The van der Waals surface area contributed by atoms with E-state index in [1.807, 2.05) is 23.1 Å². The van der Waals surface area contributed by atoms with Crippen molar-refractivity contribution in [2.45, 2.75) is 13.0 Å². The van der Waals surface area contributed by atoms with Gasteiger partial charge in [0.15, 0.2) is 0 Å². The molecule has 2 rings (SSSR count). The van der Waals surface area contributed by atoms with Gasteiger partial charge >= 0.3 is 0 Å². The summed E-state index contributed by atoms with van der Waals surface area (Å²) in [6.07, 6.45) is 0. The van der Waals surface area contributed by atoms with E-state index in [0.29, 0.717) is 17.2 Å². The van der Waals surface area contributed by atoms with Crippen molar-refractivity contribution in [3.63, 3.8) is 0 Å². The average molecular weight is 272 g/mol. The highest BCUT2D eigenvalue weighted by atomic mass is 16.2. The molecule has 1 fully saturated rings. The van der Waals surface area contributed by atoms with Crippen molar-refractivity contribution >= 4 is 5.91 Å². The molecule has 1 aromatic carbocycles. The number of aliphatic hydroxyl groups is 1. The number of benzene rings is 1. The minimum Gasteiger partial charge on any atom is -0.384 e. The molecule has 1 aromatic rings. The number of carbonyl (C=O) groups is 1. The van der Waals surface area contributed by atoms with Crippen LogP contribution in [0.15, 0.2) is 24.3 Å². The van der Waals surface area contributed by atoms with Crippen LogP contribution in [0.2, 0.25) is 0 Å². The summed E-state index contributed by atoms with van der Waals surface area (Å²) in [5, 5.41) is 8.80. The third kappa shape index (κ3) is 3.19. The van der Waals surface area contributed by atoms with Crippen LogP contribution in [0.25, 0.3) is 0 Å². The first-order valence-corrected chi connectivity index (χ1v) is 6.81. The monoisotopic (exact) mass is 272 g/mol. The fourth-order valence-electron chi connectivity index (χ4n) is 2.32. The highest BCUT2D eigenvalue weighted by Gasteiger charge is 2.25. The molecule has 0 saturated carbocycles. The van der Waals surface area contributed by atoms with Crippen LogP contribution in [0.1, 0.15) is 22.8 Å². The molecule has 1 saturated heterocycles. The first-order chi connectivity index (χ1) is 9.63. The number of carbonyl (C=O) groups excluding carboxylic acids is 1. The zero-order valence-corrected chi connectivity index (χ0v) is 12.0.